The van der Waals surface area contributed by atoms with E-state index in [2.05, 4.69) is 29.6 Å². The van der Waals surface area contributed by atoms with E-state index in [4.69, 9.17) is 4.74 Å². The minimum absolute atomic E-state index is 0.0253. The third kappa shape index (κ3) is 4.07. The first-order chi connectivity index (χ1) is 11.8. The van der Waals surface area contributed by atoms with E-state index >= 15 is 0 Å². The summed E-state index contributed by atoms with van der Waals surface area (Å²) >= 11 is 0. The molecule has 0 aliphatic carbocycles. The second-order valence-electron chi connectivity index (χ2n) is 6.18. The first-order valence-electron chi connectivity index (χ1n) is 8.47. The lowest BCUT2D eigenvalue weighted by Gasteiger charge is -2.32. The number of hydrogen-bond donors (Lipinski definition) is 1. The van der Waals surface area contributed by atoms with E-state index < -0.39 is 0 Å². The van der Waals surface area contributed by atoms with Crippen molar-refractivity contribution in [3.63, 3.8) is 0 Å². The van der Waals surface area contributed by atoms with Gasteiger partial charge in [0, 0.05) is 19.6 Å². The van der Waals surface area contributed by atoms with Crippen molar-refractivity contribution in [2.75, 3.05) is 20.2 Å². The van der Waals surface area contributed by atoms with Crippen molar-refractivity contribution in [3.8, 4) is 5.75 Å². The Morgan fingerprint density at radius 3 is 2.38 bits per heavy atom. The Morgan fingerprint density at radius 2 is 1.75 bits per heavy atom. The molecule has 1 fully saturated rings. The van der Waals surface area contributed by atoms with Crippen molar-refractivity contribution in [1.29, 1.82) is 0 Å². The minimum atomic E-state index is 0.0253. The number of benzene rings is 2. The van der Waals surface area contributed by atoms with E-state index in [9.17, 15) is 4.79 Å². The lowest BCUT2D eigenvalue weighted by Crippen LogP contribution is -2.43. The summed E-state index contributed by atoms with van der Waals surface area (Å²) in [5.74, 6) is 1.39. The number of amides is 2. The van der Waals surface area contributed by atoms with Gasteiger partial charge in [-0.15, -0.1) is 0 Å². The number of methoxy groups -OCH3 is 1. The highest BCUT2D eigenvalue weighted by Crippen LogP contribution is 2.27. The van der Waals surface area contributed by atoms with Gasteiger partial charge >= 0.3 is 6.03 Å². The molecule has 1 saturated heterocycles. The Morgan fingerprint density at radius 1 is 1.08 bits per heavy atom. The van der Waals surface area contributed by atoms with Crippen LogP contribution in [-0.2, 0) is 6.54 Å². The van der Waals surface area contributed by atoms with Gasteiger partial charge in [-0.25, -0.2) is 4.79 Å². The molecule has 0 aromatic heterocycles. The number of nitrogens with zero attached hydrogens (tertiary/aromatic N) is 1. The lowest BCUT2D eigenvalue weighted by atomic mass is 9.90. The van der Waals surface area contributed by atoms with Gasteiger partial charge in [0.1, 0.15) is 5.75 Å². The molecule has 0 atom stereocenters. The molecule has 2 amide bonds. The number of likely N-dealkylation sites (tertiary alicyclic amines) is 1. The molecule has 126 valence electrons. The zero-order chi connectivity index (χ0) is 16.8. The van der Waals surface area contributed by atoms with Crippen molar-refractivity contribution in [1.82, 2.24) is 10.2 Å². The number of carbonyl (C=O) groups excluding carboxylic acids is 1. The second-order valence-corrected chi connectivity index (χ2v) is 6.18. The van der Waals surface area contributed by atoms with Gasteiger partial charge in [0.05, 0.1) is 7.11 Å². The summed E-state index contributed by atoms with van der Waals surface area (Å²) in [6.07, 6.45) is 2.06. The molecule has 1 N–H and O–H groups in total. The van der Waals surface area contributed by atoms with Crippen molar-refractivity contribution < 1.29 is 9.53 Å². The van der Waals surface area contributed by atoms with Crippen LogP contribution in [0.2, 0.25) is 0 Å². The second kappa shape index (κ2) is 7.86. The molecule has 0 unspecified atom stereocenters. The molecule has 24 heavy (non-hydrogen) atoms. The monoisotopic (exact) mass is 324 g/mol. The zero-order valence-corrected chi connectivity index (χ0v) is 14.1. The molecule has 2 aromatic carbocycles. The quantitative estimate of drug-likeness (QED) is 0.930. The predicted molar refractivity (Wildman–Crippen MR) is 95.2 cm³/mol. The van der Waals surface area contributed by atoms with Crippen LogP contribution in [0.1, 0.15) is 29.9 Å². The summed E-state index contributed by atoms with van der Waals surface area (Å²) in [4.78, 5) is 14.2. The number of carbonyl (C=O) groups is 1. The third-order valence-corrected chi connectivity index (χ3v) is 4.66. The fourth-order valence-electron chi connectivity index (χ4n) is 3.17. The van der Waals surface area contributed by atoms with Gasteiger partial charge in [-0.05, 0) is 42.0 Å². The topological polar surface area (TPSA) is 41.6 Å². The number of ether oxygens (including phenoxy) is 1. The first-order valence-corrected chi connectivity index (χ1v) is 8.47. The molecule has 1 heterocycles. The van der Waals surface area contributed by atoms with Crippen molar-refractivity contribution in [2.24, 2.45) is 0 Å². The summed E-state index contributed by atoms with van der Waals surface area (Å²) in [6, 6.07) is 18.4. The van der Waals surface area contributed by atoms with E-state index in [1.807, 2.05) is 35.2 Å². The van der Waals surface area contributed by atoms with Crippen molar-refractivity contribution in [2.45, 2.75) is 25.3 Å². The van der Waals surface area contributed by atoms with Crippen LogP contribution in [0.25, 0.3) is 0 Å². The first kappa shape index (κ1) is 16.4. The molecule has 0 bridgehead atoms. The van der Waals surface area contributed by atoms with Crippen LogP contribution >= 0.6 is 0 Å². The maximum Gasteiger partial charge on any atom is 0.317 e. The van der Waals surface area contributed by atoms with Crippen molar-refractivity contribution >= 4 is 6.03 Å². The third-order valence-electron chi connectivity index (χ3n) is 4.66. The Bertz CT molecular complexity index is 647. The molecule has 4 nitrogen and oxygen atoms in total. The number of urea groups is 1. The number of piperidine rings is 1. The summed E-state index contributed by atoms with van der Waals surface area (Å²) in [6.45, 7) is 2.17. The summed E-state index contributed by atoms with van der Waals surface area (Å²) in [5, 5.41) is 3.01. The molecule has 0 saturated carbocycles. The van der Waals surface area contributed by atoms with Crippen LogP contribution in [-0.4, -0.2) is 31.1 Å². The van der Waals surface area contributed by atoms with Crippen LogP contribution in [0.3, 0.4) is 0 Å². The van der Waals surface area contributed by atoms with Crippen LogP contribution in [0.4, 0.5) is 4.79 Å². The van der Waals surface area contributed by atoms with E-state index in [0.29, 0.717) is 12.5 Å². The van der Waals surface area contributed by atoms with Gasteiger partial charge in [0.15, 0.2) is 0 Å². The van der Waals surface area contributed by atoms with E-state index in [1.165, 1.54) is 5.56 Å². The number of nitrogens with one attached hydrogen (secondary N) is 1. The average Bonchev–Trinajstić information content (AvgIpc) is 2.67. The molecular weight excluding hydrogens is 300 g/mol. The smallest absolute Gasteiger partial charge is 0.317 e. The lowest BCUT2D eigenvalue weighted by molar-refractivity contribution is 0.181. The highest BCUT2D eigenvalue weighted by molar-refractivity contribution is 5.74. The number of rotatable bonds is 4. The van der Waals surface area contributed by atoms with Crippen LogP contribution in [0.15, 0.2) is 54.6 Å². The minimum Gasteiger partial charge on any atom is -0.497 e. The van der Waals surface area contributed by atoms with Crippen molar-refractivity contribution in [3.05, 3.63) is 65.7 Å². The number of hydrogen-bond acceptors (Lipinski definition) is 2. The van der Waals surface area contributed by atoms with Gasteiger partial charge in [0.25, 0.3) is 0 Å². The fraction of sp³-hybridized carbons (Fsp3) is 0.350. The Labute approximate surface area is 143 Å². The summed E-state index contributed by atoms with van der Waals surface area (Å²) in [7, 11) is 1.65. The average molecular weight is 324 g/mol. The van der Waals surface area contributed by atoms with Gasteiger partial charge in [-0.1, -0.05) is 42.5 Å². The molecule has 0 spiro atoms. The fourth-order valence-corrected chi connectivity index (χ4v) is 3.17. The highest BCUT2D eigenvalue weighted by atomic mass is 16.5. The molecule has 4 heteroatoms. The Balaban J connectivity index is 1.46. The predicted octanol–water partition coefficient (Wildman–Crippen LogP) is 3.78. The van der Waals surface area contributed by atoms with Gasteiger partial charge in [-0.3, -0.25) is 0 Å². The normalized spacial score (nSPS) is 15.1. The maximum atomic E-state index is 12.3. The van der Waals surface area contributed by atoms with Gasteiger partial charge in [0.2, 0.25) is 0 Å². The molecule has 1 aliphatic heterocycles. The van der Waals surface area contributed by atoms with Crippen LogP contribution in [0.5, 0.6) is 5.75 Å². The standard InChI is InChI=1S/C20H24N2O2/c1-24-19-9-7-16(8-10-19)15-21-20(23)22-13-11-18(12-14-22)17-5-3-2-4-6-17/h2-10,18H,11-15H2,1H3,(H,21,23). The zero-order valence-electron chi connectivity index (χ0n) is 14.1. The summed E-state index contributed by atoms with van der Waals surface area (Å²) < 4.78 is 5.14. The molecule has 1 aliphatic rings. The Kier molecular flexibility index (Phi) is 5.36. The Hall–Kier alpha value is -2.49. The maximum absolute atomic E-state index is 12.3. The van der Waals surface area contributed by atoms with E-state index in [1.54, 1.807) is 7.11 Å². The van der Waals surface area contributed by atoms with E-state index in [-0.39, 0.29) is 6.03 Å². The van der Waals surface area contributed by atoms with Gasteiger partial charge < -0.3 is 15.0 Å². The van der Waals surface area contributed by atoms with Crippen LogP contribution in [0, 0.1) is 0 Å². The summed E-state index contributed by atoms with van der Waals surface area (Å²) in [5.41, 5.74) is 2.46. The molecule has 0 radical (unpaired) electrons. The molecule has 3 rings (SSSR count). The highest BCUT2D eigenvalue weighted by Gasteiger charge is 2.23. The van der Waals surface area contributed by atoms with Crippen LogP contribution < -0.4 is 10.1 Å². The molecule has 2 aromatic rings. The largest absolute Gasteiger partial charge is 0.497 e. The SMILES string of the molecule is COc1ccc(CNC(=O)N2CCC(c3ccccc3)CC2)cc1. The van der Waals surface area contributed by atoms with E-state index in [0.717, 1.165) is 37.2 Å². The molecular formula is C20H24N2O2. The van der Waals surface area contributed by atoms with Gasteiger partial charge in [-0.2, -0.15) is 0 Å².